The molecule has 0 saturated carbocycles. The van der Waals surface area contributed by atoms with Gasteiger partial charge in [0.2, 0.25) is 12.2 Å². The number of hydrogen-bond acceptors (Lipinski definition) is 4. The van der Waals surface area contributed by atoms with E-state index >= 15 is 0 Å². The summed E-state index contributed by atoms with van der Waals surface area (Å²) in [6, 6.07) is 0. The normalized spacial score (nSPS) is 13.5. The molecule has 0 rings (SSSR count). The van der Waals surface area contributed by atoms with Gasteiger partial charge in [-0.15, -0.1) is 0 Å². The van der Waals surface area contributed by atoms with E-state index in [1.165, 1.54) is 12.2 Å². The number of aliphatic imine (C=N–C) groups is 2. The number of rotatable bonds is 4. The summed E-state index contributed by atoms with van der Waals surface area (Å²) >= 11 is 0. The van der Waals surface area contributed by atoms with Crippen LogP contribution in [0, 0.1) is 0 Å². The molecule has 0 radical (unpaired) electrons. The van der Waals surface area contributed by atoms with Gasteiger partial charge in [-0.3, -0.25) is 0 Å². The minimum absolute atomic E-state index is 0.225. The van der Waals surface area contributed by atoms with Crippen molar-refractivity contribution in [1.82, 2.24) is 0 Å². The van der Waals surface area contributed by atoms with Crippen LogP contribution in [-0.2, 0) is 9.59 Å². The molecule has 4 nitrogen and oxygen atoms in total. The predicted molar refractivity (Wildman–Crippen MR) is 44.1 cm³/mol. The first-order valence-electron chi connectivity index (χ1n) is 3.47. The molecule has 0 heterocycles. The van der Waals surface area contributed by atoms with E-state index in [1.54, 1.807) is 6.92 Å². The molecule has 0 aromatic heterocycles. The average Bonchev–Trinajstić information content (AvgIpc) is 2.05. The fraction of sp³-hybridized carbons (Fsp3) is 0.500. The van der Waals surface area contributed by atoms with Crippen molar-refractivity contribution in [3.63, 3.8) is 0 Å². The van der Waals surface area contributed by atoms with Gasteiger partial charge in [0.05, 0.1) is 5.70 Å². The molecule has 0 saturated heterocycles. The topological polar surface area (TPSA) is 58.9 Å². The average molecular weight is 166 g/mol. The van der Waals surface area contributed by atoms with E-state index in [1.807, 2.05) is 6.92 Å². The van der Waals surface area contributed by atoms with Gasteiger partial charge in [-0.1, -0.05) is 13.5 Å². The van der Waals surface area contributed by atoms with E-state index < -0.39 is 5.54 Å². The summed E-state index contributed by atoms with van der Waals surface area (Å²) in [7, 11) is 0. The Labute approximate surface area is 70.7 Å². The van der Waals surface area contributed by atoms with Crippen molar-refractivity contribution in [2.75, 3.05) is 0 Å². The second kappa shape index (κ2) is 4.39. The van der Waals surface area contributed by atoms with E-state index in [4.69, 9.17) is 0 Å². The van der Waals surface area contributed by atoms with Crippen LogP contribution < -0.4 is 0 Å². The number of hydrogen-bond donors (Lipinski definition) is 0. The summed E-state index contributed by atoms with van der Waals surface area (Å²) in [5.74, 6) is 0. The Morgan fingerprint density at radius 3 is 2.42 bits per heavy atom. The van der Waals surface area contributed by atoms with Gasteiger partial charge in [-0.2, -0.15) is 9.98 Å². The molecular weight excluding hydrogens is 156 g/mol. The summed E-state index contributed by atoms with van der Waals surface area (Å²) in [6.45, 7) is 6.97. The van der Waals surface area contributed by atoms with Gasteiger partial charge in [0.1, 0.15) is 5.54 Å². The highest BCUT2D eigenvalue weighted by Crippen LogP contribution is 2.23. The largest absolute Gasteiger partial charge is 0.240 e. The smallest absolute Gasteiger partial charge is 0.211 e. The third kappa shape index (κ3) is 2.27. The number of nitrogens with zero attached hydrogens (tertiary/aromatic N) is 2. The molecule has 0 amide bonds. The molecule has 0 N–H and O–H groups in total. The molecule has 0 aromatic carbocycles. The molecule has 0 fully saturated rings. The molecular formula is C8H10N2O2. The van der Waals surface area contributed by atoms with Crippen LogP contribution in [0.1, 0.15) is 20.3 Å². The Morgan fingerprint density at radius 2 is 2.08 bits per heavy atom. The van der Waals surface area contributed by atoms with Crippen LogP contribution in [-0.4, -0.2) is 17.7 Å². The predicted octanol–water partition coefficient (Wildman–Crippen LogP) is 1.34. The minimum Gasteiger partial charge on any atom is -0.211 e. The summed E-state index contributed by atoms with van der Waals surface area (Å²) in [6.07, 6.45) is 3.31. The van der Waals surface area contributed by atoms with E-state index in [9.17, 15) is 9.59 Å². The molecule has 0 spiro atoms. The van der Waals surface area contributed by atoms with Crippen molar-refractivity contribution < 1.29 is 9.59 Å². The maximum absolute atomic E-state index is 10.0. The standard InChI is InChI=1S/C8H10N2O2/c1-4-8(3,10-6-12)7(2)9-5-11/h2,4H2,1,3H3. The van der Waals surface area contributed by atoms with E-state index in [-0.39, 0.29) is 5.70 Å². The van der Waals surface area contributed by atoms with Crippen LogP contribution in [0.5, 0.6) is 0 Å². The lowest BCUT2D eigenvalue weighted by molar-refractivity contribution is 0.506. The summed E-state index contributed by atoms with van der Waals surface area (Å²) in [5, 5.41) is 0. The lowest BCUT2D eigenvalue weighted by Crippen LogP contribution is -2.21. The molecule has 0 bridgehead atoms. The monoisotopic (exact) mass is 166 g/mol. The Morgan fingerprint density at radius 1 is 1.50 bits per heavy atom. The summed E-state index contributed by atoms with van der Waals surface area (Å²) in [4.78, 5) is 26.7. The Kier molecular flexibility index (Phi) is 3.84. The molecule has 0 aromatic rings. The second-order valence-corrected chi connectivity index (χ2v) is 2.48. The fourth-order valence-corrected chi connectivity index (χ4v) is 0.624. The molecule has 1 unspecified atom stereocenters. The SMILES string of the molecule is C=C(N=C=O)C(C)(CC)N=C=O. The molecule has 64 valence electrons. The lowest BCUT2D eigenvalue weighted by Gasteiger charge is -2.19. The van der Waals surface area contributed by atoms with Gasteiger partial charge in [0, 0.05) is 0 Å². The first-order chi connectivity index (χ1) is 5.60. The highest BCUT2D eigenvalue weighted by Gasteiger charge is 2.24. The minimum atomic E-state index is -0.820. The van der Waals surface area contributed by atoms with Crippen molar-refractivity contribution in [1.29, 1.82) is 0 Å². The van der Waals surface area contributed by atoms with Gasteiger partial charge < -0.3 is 0 Å². The molecule has 0 aliphatic rings. The Hall–Kier alpha value is -1.50. The van der Waals surface area contributed by atoms with Gasteiger partial charge in [-0.05, 0) is 13.3 Å². The van der Waals surface area contributed by atoms with Crippen molar-refractivity contribution in [2.45, 2.75) is 25.8 Å². The van der Waals surface area contributed by atoms with Crippen LogP contribution >= 0.6 is 0 Å². The molecule has 1 atom stereocenters. The van der Waals surface area contributed by atoms with Crippen LogP contribution in [0.4, 0.5) is 0 Å². The van der Waals surface area contributed by atoms with Crippen LogP contribution in [0.2, 0.25) is 0 Å². The van der Waals surface area contributed by atoms with Crippen molar-refractivity contribution >= 4 is 12.2 Å². The Bertz CT molecular complexity index is 273. The summed E-state index contributed by atoms with van der Waals surface area (Å²) < 4.78 is 0. The van der Waals surface area contributed by atoms with Gasteiger partial charge in [0.15, 0.2) is 0 Å². The highest BCUT2D eigenvalue weighted by atomic mass is 16.1. The molecule has 0 aliphatic carbocycles. The van der Waals surface area contributed by atoms with Gasteiger partial charge in [-0.25, -0.2) is 9.59 Å². The van der Waals surface area contributed by atoms with E-state index in [2.05, 4.69) is 16.6 Å². The summed E-state index contributed by atoms with van der Waals surface area (Å²) in [5.41, 5.74) is -0.595. The zero-order valence-electron chi connectivity index (χ0n) is 7.13. The fourth-order valence-electron chi connectivity index (χ4n) is 0.624. The zero-order chi connectivity index (χ0) is 9.61. The molecule has 4 heteroatoms. The number of carbonyl (C=O) groups excluding carboxylic acids is 2. The molecule has 0 aliphatic heterocycles. The zero-order valence-corrected chi connectivity index (χ0v) is 7.13. The maximum atomic E-state index is 10.0. The third-order valence-corrected chi connectivity index (χ3v) is 1.78. The van der Waals surface area contributed by atoms with Gasteiger partial charge in [0.25, 0.3) is 0 Å². The number of isocyanates is 2. The maximum Gasteiger partial charge on any atom is 0.240 e. The van der Waals surface area contributed by atoms with Crippen molar-refractivity contribution in [3.8, 4) is 0 Å². The van der Waals surface area contributed by atoms with Crippen LogP contribution in [0.15, 0.2) is 22.3 Å². The third-order valence-electron chi connectivity index (χ3n) is 1.78. The van der Waals surface area contributed by atoms with Crippen molar-refractivity contribution in [2.24, 2.45) is 9.98 Å². The highest BCUT2D eigenvalue weighted by molar-refractivity contribution is 5.41. The first kappa shape index (κ1) is 10.5. The van der Waals surface area contributed by atoms with E-state index in [0.717, 1.165) is 0 Å². The van der Waals surface area contributed by atoms with Crippen LogP contribution in [0.3, 0.4) is 0 Å². The Balaban J connectivity index is 4.86. The van der Waals surface area contributed by atoms with Gasteiger partial charge >= 0.3 is 0 Å². The van der Waals surface area contributed by atoms with Crippen molar-refractivity contribution in [3.05, 3.63) is 12.3 Å². The van der Waals surface area contributed by atoms with Crippen LogP contribution in [0.25, 0.3) is 0 Å². The quantitative estimate of drug-likeness (QED) is 0.467. The lowest BCUT2D eigenvalue weighted by atomic mass is 9.97. The van der Waals surface area contributed by atoms with E-state index in [0.29, 0.717) is 6.42 Å². The first-order valence-corrected chi connectivity index (χ1v) is 3.47. The second-order valence-electron chi connectivity index (χ2n) is 2.48. The molecule has 12 heavy (non-hydrogen) atoms.